The molecule has 0 spiro atoms. The van der Waals surface area contributed by atoms with Crippen LogP contribution in [0.2, 0.25) is 5.15 Å². The van der Waals surface area contributed by atoms with Crippen molar-refractivity contribution in [2.45, 2.75) is 6.36 Å². The first-order chi connectivity index (χ1) is 13.1. The molecule has 1 N–H and O–H groups in total. The molecule has 0 bridgehead atoms. The molecule has 5 nitrogen and oxygen atoms in total. The molecule has 0 aliphatic heterocycles. The number of rotatable bonds is 4. The van der Waals surface area contributed by atoms with E-state index in [9.17, 15) is 22.4 Å². The SMILES string of the molecule is C[n+]1cn(NC(=O)c2ccc(-c3ccc(OC(F)(F)F)cc3)c(F)c2)cc1Cl. The zero-order valence-electron chi connectivity index (χ0n) is 14.3. The number of ether oxygens (including phenoxy) is 1. The molecule has 1 heterocycles. The summed E-state index contributed by atoms with van der Waals surface area (Å²) in [5.41, 5.74) is 3.05. The first-order valence-corrected chi connectivity index (χ1v) is 8.20. The first kappa shape index (κ1) is 19.7. The zero-order valence-corrected chi connectivity index (χ0v) is 15.1. The Labute approximate surface area is 161 Å². The minimum atomic E-state index is -4.80. The van der Waals surface area contributed by atoms with Crippen molar-refractivity contribution in [3.63, 3.8) is 0 Å². The molecule has 0 radical (unpaired) electrons. The lowest BCUT2D eigenvalue weighted by molar-refractivity contribution is -0.668. The van der Waals surface area contributed by atoms with Gasteiger partial charge < -0.3 is 4.74 Å². The number of nitrogens with one attached hydrogen (secondary N) is 1. The number of benzene rings is 2. The fraction of sp³-hybridized carbons (Fsp3) is 0.111. The van der Waals surface area contributed by atoms with Crippen LogP contribution in [0.15, 0.2) is 55.0 Å². The predicted octanol–water partition coefficient (Wildman–Crippen LogP) is 4.05. The number of alkyl halides is 3. The molecular weight excluding hydrogens is 402 g/mol. The number of amides is 1. The van der Waals surface area contributed by atoms with Crippen molar-refractivity contribution in [2.75, 3.05) is 5.43 Å². The number of hydrogen-bond donors (Lipinski definition) is 1. The van der Waals surface area contributed by atoms with Gasteiger partial charge in [-0.05, 0) is 41.4 Å². The van der Waals surface area contributed by atoms with E-state index in [2.05, 4.69) is 10.2 Å². The van der Waals surface area contributed by atoms with Gasteiger partial charge >= 0.3 is 6.36 Å². The maximum Gasteiger partial charge on any atom is 0.573 e. The number of carbonyl (C=O) groups excluding carboxylic acids is 1. The van der Waals surface area contributed by atoms with E-state index in [1.54, 1.807) is 11.6 Å². The Kier molecular flexibility index (Phi) is 5.28. The average Bonchev–Trinajstić information content (AvgIpc) is 2.91. The van der Waals surface area contributed by atoms with Crippen molar-refractivity contribution in [1.82, 2.24) is 4.68 Å². The maximum absolute atomic E-state index is 14.5. The van der Waals surface area contributed by atoms with Gasteiger partial charge in [-0.2, -0.15) is 5.43 Å². The van der Waals surface area contributed by atoms with Gasteiger partial charge in [0.25, 0.3) is 12.2 Å². The summed E-state index contributed by atoms with van der Waals surface area (Å²) >= 11 is 5.88. The lowest BCUT2D eigenvalue weighted by Crippen LogP contribution is -2.28. The van der Waals surface area contributed by atoms with Gasteiger partial charge in [-0.25, -0.2) is 8.96 Å². The minimum Gasteiger partial charge on any atom is -0.406 e. The summed E-state index contributed by atoms with van der Waals surface area (Å²) in [5, 5.41) is 0.389. The molecule has 0 aliphatic rings. The Morgan fingerprint density at radius 3 is 2.39 bits per heavy atom. The van der Waals surface area contributed by atoms with E-state index in [0.717, 1.165) is 18.2 Å². The lowest BCUT2D eigenvalue weighted by Gasteiger charge is -2.10. The van der Waals surface area contributed by atoms with Crippen molar-refractivity contribution in [3.8, 4) is 16.9 Å². The minimum absolute atomic E-state index is 0.0609. The van der Waals surface area contributed by atoms with E-state index in [-0.39, 0.29) is 11.1 Å². The summed E-state index contributed by atoms with van der Waals surface area (Å²) in [7, 11) is 1.68. The molecule has 28 heavy (non-hydrogen) atoms. The van der Waals surface area contributed by atoms with E-state index >= 15 is 0 Å². The van der Waals surface area contributed by atoms with E-state index in [0.29, 0.717) is 10.7 Å². The third-order valence-corrected chi connectivity index (χ3v) is 4.11. The first-order valence-electron chi connectivity index (χ1n) is 7.82. The molecule has 0 aliphatic carbocycles. The fourth-order valence-electron chi connectivity index (χ4n) is 2.45. The second kappa shape index (κ2) is 7.51. The van der Waals surface area contributed by atoms with Gasteiger partial charge in [-0.3, -0.25) is 4.79 Å². The quantitative estimate of drug-likeness (QED) is 0.517. The van der Waals surface area contributed by atoms with Crippen LogP contribution in [-0.4, -0.2) is 16.9 Å². The molecule has 3 rings (SSSR count). The highest BCUT2D eigenvalue weighted by Gasteiger charge is 2.31. The van der Waals surface area contributed by atoms with Crippen LogP contribution in [0.25, 0.3) is 11.1 Å². The van der Waals surface area contributed by atoms with Gasteiger partial charge in [-0.15, -0.1) is 17.8 Å². The monoisotopic (exact) mass is 414 g/mol. The molecule has 2 aromatic carbocycles. The molecule has 0 atom stereocenters. The molecule has 0 saturated carbocycles. The van der Waals surface area contributed by atoms with Gasteiger partial charge in [0.05, 0.1) is 7.05 Å². The van der Waals surface area contributed by atoms with E-state index in [4.69, 9.17) is 11.6 Å². The number of nitrogens with zero attached hydrogens (tertiary/aromatic N) is 2. The number of hydrogen-bond acceptors (Lipinski definition) is 2. The summed E-state index contributed by atoms with van der Waals surface area (Å²) in [5.74, 6) is -1.67. The van der Waals surface area contributed by atoms with Crippen molar-refractivity contribution in [2.24, 2.45) is 7.05 Å². The topological polar surface area (TPSA) is 47.1 Å². The molecule has 1 amide bonds. The van der Waals surface area contributed by atoms with Crippen molar-refractivity contribution in [1.29, 1.82) is 0 Å². The van der Waals surface area contributed by atoms with Crippen molar-refractivity contribution < 1.29 is 31.7 Å². The van der Waals surface area contributed by atoms with Crippen LogP contribution in [-0.2, 0) is 7.05 Å². The fourth-order valence-corrected chi connectivity index (χ4v) is 2.60. The summed E-state index contributed by atoms with van der Waals surface area (Å²) < 4.78 is 57.7. The Balaban J connectivity index is 1.77. The highest BCUT2D eigenvalue weighted by atomic mass is 35.5. The lowest BCUT2D eigenvalue weighted by atomic mass is 10.0. The number of carbonyl (C=O) groups is 1. The second-order valence-corrected chi connectivity index (χ2v) is 6.18. The van der Waals surface area contributed by atoms with Gasteiger partial charge in [0.2, 0.25) is 5.15 Å². The van der Waals surface area contributed by atoms with Crippen LogP contribution in [0, 0.1) is 5.82 Å². The molecule has 146 valence electrons. The van der Waals surface area contributed by atoms with Gasteiger partial charge in [-0.1, -0.05) is 18.2 Å². The Hall–Kier alpha value is -3.07. The van der Waals surface area contributed by atoms with Crippen molar-refractivity contribution >= 4 is 17.5 Å². The number of imidazole rings is 1. The number of halogens is 5. The van der Waals surface area contributed by atoms with Crippen molar-refractivity contribution in [3.05, 3.63) is 71.5 Å². The molecule has 10 heteroatoms. The van der Waals surface area contributed by atoms with E-state index in [1.807, 2.05) is 0 Å². The van der Waals surface area contributed by atoms with E-state index in [1.165, 1.54) is 41.5 Å². The smallest absolute Gasteiger partial charge is 0.406 e. The zero-order chi connectivity index (χ0) is 20.5. The van der Waals surface area contributed by atoms with Crippen LogP contribution in [0.4, 0.5) is 17.6 Å². The number of aromatic nitrogens is 2. The maximum atomic E-state index is 14.5. The van der Waals surface area contributed by atoms with Gasteiger partial charge in [0, 0.05) is 11.1 Å². The predicted molar refractivity (Wildman–Crippen MR) is 92.8 cm³/mol. The molecule has 0 saturated heterocycles. The van der Waals surface area contributed by atoms with Crippen LogP contribution in [0.1, 0.15) is 10.4 Å². The van der Waals surface area contributed by atoms with Crippen LogP contribution in [0.5, 0.6) is 5.75 Å². The highest BCUT2D eigenvalue weighted by molar-refractivity contribution is 6.28. The summed E-state index contributed by atoms with van der Waals surface area (Å²) in [6.07, 6.45) is -1.81. The molecule has 1 aromatic heterocycles. The average molecular weight is 415 g/mol. The standard InChI is InChI=1S/C18H12ClF4N3O2/c1-25-10-26(9-16(25)19)24-17(27)12-4-7-14(15(20)8-12)11-2-5-13(6-3-11)28-18(21,22)23/h2-10H,1H3/p+1. The Bertz CT molecular complexity index is 997. The second-order valence-electron chi connectivity index (χ2n) is 5.79. The van der Waals surface area contributed by atoms with Crippen LogP contribution in [0.3, 0.4) is 0 Å². The van der Waals surface area contributed by atoms with Gasteiger partial charge in [0.15, 0.2) is 6.20 Å². The molecule has 3 aromatic rings. The summed E-state index contributed by atoms with van der Waals surface area (Å²) in [4.78, 5) is 12.2. The largest absolute Gasteiger partial charge is 0.573 e. The van der Waals surface area contributed by atoms with Gasteiger partial charge in [0.1, 0.15) is 11.6 Å². The number of aryl methyl sites for hydroxylation is 1. The van der Waals surface area contributed by atoms with Crippen LogP contribution < -0.4 is 14.7 Å². The summed E-state index contributed by atoms with van der Waals surface area (Å²) in [6, 6.07) is 8.56. The summed E-state index contributed by atoms with van der Waals surface area (Å²) in [6.45, 7) is 0. The molecule has 0 unspecified atom stereocenters. The Morgan fingerprint density at radius 1 is 1.18 bits per heavy atom. The molecular formula is C18H13ClF4N3O2+. The van der Waals surface area contributed by atoms with Crippen LogP contribution >= 0.6 is 11.6 Å². The Morgan fingerprint density at radius 2 is 1.86 bits per heavy atom. The third-order valence-electron chi connectivity index (χ3n) is 3.74. The highest BCUT2D eigenvalue weighted by Crippen LogP contribution is 2.28. The molecule has 0 fully saturated rings. The normalized spacial score (nSPS) is 11.4. The third kappa shape index (κ3) is 4.61. The van der Waals surface area contributed by atoms with E-state index < -0.39 is 23.8 Å².